The molecular weight excluding hydrogens is 286 g/mol. The van der Waals surface area contributed by atoms with Crippen LogP contribution in [-0.2, 0) is 10.0 Å². The van der Waals surface area contributed by atoms with Crippen molar-refractivity contribution in [3.63, 3.8) is 0 Å². The van der Waals surface area contributed by atoms with Crippen LogP contribution in [0.2, 0.25) is 0 Å². The van der Waals surface area contributed by atoms with Gasteiger partial charge in [0.25, 0.3) is 10.0 Å². The van der Waals surface area contributed by atoms with E-state index in [4.69, 9.17) is 0 Å². The van der Waals surface area contributed by atoms with E-state index in [9.17, 15) is 13.2 Å². The van der Waals surface area contributed by atoms with Crippen LogP contribution in [0.25, 0.3) is 0 Å². The molecule has 0 saturated heterocycles. The van der Waals surface area contributed by atoms with Gasteiger partial charge in [0, 0.05) is 24.9 Å². The zero-order valence-corrected chi connectivity index (χ0v) is 12.3. The molecule has 0 aliphatic rings. The zero-order valence-electron chi connectivity index (χ0n) is 11.5. The Morgan fingerprint density at radius 3 is 2.05 bits per heavy atom. The van der Waals surface area contributed by atoms with Gasteiger partial charge in [-0.1, -0.05) is 48.5 Å². The SMILES string of the molecule is CN(/C=C\C(=O)c1ccccc1)S(=O)(=O)c1ccccc1. The lowest BCUT2D eigenvalue weighted by Crippen LogP contribution is -2.21. The number of ketones is 1. The van der Waals surface area contributed by atoms with E-state index in [1.54, 1.807) is 42.5 Å². The van der Waals surface area contributed by atoms with Crippen LogP contribution in [0.5, 0.6) is 0 Å². The minimum atomic E-state index is -3.62. The van der Waals surface area contributed by atoms with Gasteiger partial charge in [0.1, 0.15) is 0 Å². The Bertz CT molecular complexity index is 738. The van der Waals surface area contributed by atoms with Gasteiger partial charge in [-0.25, -0.2) is 8.42 Å². The Morgan fingerprint density at radius 2 is 1.48 bits per heavy atom. The molecule has 0 aliphatic heterocycles. The molecule has 0 spiro atoms. The third kappa shape index (κ3) is 3.58. The van der Waals surface area contributed by atoms with Crippen molar-refractivity contribution in [2.45, 2.75) is 4.90 Å². The number of nitrogens with zero attached hydrogens (tertiary/aromatic N) is 1. The first-order valence-corrected chi connectivity index (χ1v) is 7.76. The molecule has 2 rings (SSSR count). The molecule has 0 unspecified atom stereocenters. The van der Waals surface area contributed by atoms with Crippen LogP contribution in [0.1, 0.15) is 10.4 Å². The van der Waals surface area contributed by atoms with Gasteiger partial charge < -0.3 is 0 Å². The van der Waals surface area contributed by atoms with Gasteiger partial charge >= 0.3 is 0 Å². The average Bonchev–Trinajstić information content (AvgIpc) is 2.53. The quantitative estimate of drug-likeness (QED) is 0.630. The second-order valence-electron chi connectivity index (χ2n) is 4.38. The van der Waals surface area contributed by atoms with Crippen LogP contribution in [0.15, 0.2) is 77.8 Å². The summed E-state index contributed by atoms with van der Waals surface area (Å²) in [6.45, 7) is 0. The number of rotatable bonds is 5. The first-order valence-electron chi connectivity index (χ1n) is 6.32. The lowest BCUT2D eigenvalue weighted by atomic mass is 10.1. The van der Waals surface area contributed by atoms with E-state index in [1.807, 2.05) is 6.07 Å². The van der Waals surface area contributed by atoms with Crippen molar-refractivity contribution in [2.24, 2.45) is 0 Å². The van der Waals surface area contributed by atoms with E-state index in [2.05, 4.69) is 0 Å². The molecule has 0 heterocycles. The third-order valence-electron chi connectivity index (χ3n) is 2.91. The summed E-state index contributed by atoms with van der Waals surface area (Å²) < 4.78 is 25.5. The molecular formula is C16H15NO3S. The molecule has 0 fully saturated rings. The van der Waals surface area contributed by atoms with Crippen molar-refractivity contribution in [1.29, 1.82) is 0 Å². The highest BCUT2D eigenvalue weighted by molar-refractivity contribution is 7.89. The van der Waals surface area contributed by atoms with Gasteiger partial charge in [-0.3, -0.25) is 9.10 Å². The van der Waals surface area contributed by atoms with Crippen LogP contribution >= 0.6 is 0 Å². The van der Waals surface area contributed by atoms with Gasteiger partial charge in [-0.15, -0.1) is 0 Å². The molecule has 0 amide bonds. The Hall–Kier alpha value is -2.40. The van der Waals surface area contributed by atoms with Crippen LogP contribution in [0.3, 0.4) is 0 Å². The Labute approximate surface area is 124 Å². The van der Waals surface area contributed by atoms with Crippen molar-refractivity contribution in [3.05, 3.63) is 78.5 Å². The number of carbonyl (C=O) groups is 1. The smallest absolute Gasteiger partial charge is 0.263 e. The van der Waals surface area contributed by atoms with E-state index >= 15 is 0 Å². The molecule has 2 aromatic rings. The summed E-state index contributed by atoms with van der Waals surface area (Å²) in [4.78, 5) is 12.1. The lowest BCUT2D eigenvalue weighted by Gasteiger charge is -2.14. The molecule has 0 aliphatic carbocycles. The molecule has 5 heteroatoms. The lowest BCUT2D eigenvalue weighted by molar-refractivity contribution is 0.104. The summed E-state index contributed by atoms with van der Waals surface area (Å²) in [5.74, 6) is -0.245. The van der Waals surface area contributed by atoms with E-state index in [0.717, 1.165) is 4.31 Å². The fraction of sp³-hybridized carbons (Fsp3) is 0.0625. The van der Waals surface area contributed by atoms with Gasteiger partial charge in [0.15, 0.2) is 5.78 Å². The summed E-state index contributed by atoms with van der Waals surface area (Å²) in [6, 6.07) is 16.8. The summed E-state index contributed by atoms with van der Waals surface area (Å²) in [6.07, 6.45) is 2.51. The van der Waals surface area contributed by atoms with Crippen LogP contribution < -0.4 is 0 Å². The number of benzene rings is 2. The first-order chi connectivity index (χ1) is 10.0. The molecule has 0 bridgehead atoms. The standard InChI is InChI=1S/C16H15NO3S/c1-17(21(19,20)15-10-6-3-7-11-15)13-12-16(18)14-8-4-2-5-9-14/h2-13H,1H3/b13-12-. The minimum Gasteiger partial charge on any atom is -0.289 e. The summed E-state index contributed by atoms with van der Waals surface area (Å²) in [5.41, 5.74) is 0.513. The predicted molar refractivity (Wildman–Crippen MR) is 81.3 cm³/mol. The molecule has 0 aromatic heterocycles. The molecule has 0 radical (unpaired) electrons. The second-order valence-corrected chi connectivity index (χ2v) is 6.38. The molecule has 108 valence electrons. The molecule has 0 N–H and O–H groups in total. The molecule has 0 atom stereocenters. The number of allylic oxidation sites excluding steroid dienone is 1. The highest BCUT2D eigenvalue weighted by Gasteiger charge is 2.17. The van der Waals surface area contributed by atoms with E-state index in [-0.39, 0.29) is 10.7 Å². The number of carbonyl (C=O) groups excluding carboxylic acids is 1. The Kier molecular flexibility index (Phi) is 4.55. The van der Waals surface area contributed by atoms with Crippen LogP contribution in [0.4, 0.5) is 0 Å². The summed E-state index contributed by atoms with van der Waals surface area (Å²) >= 11 is 0. The van der Waals surface area contributed by atoms with Crippen molar-refractivity contribution in [3.8, 4) is 0 Å². The van der Waals surface area contributed by atoms with Gasteiger partial charge in [-0.05, 0) is 12.1 Å². The fourth-order valence-corrected chi connectivity index (χ4v) is 2.76. The summed E-state index contributed by atoms with van der Waals surface area (Å²) in [7, 11) is -2.22. The maximum atomic E-state index is 12.2. The largest absolute Gasteiger partial charge is 0.289 e. The van der Waals surface area contributed by atoms with Crippen molar-refractivity contribution < 1.29 is 13.2 Å². The fourth-order valence-electron chi connectivity index (χ4n) is 1.71. The maximum absolute atomic E-state index is 12.2. The van der Waals surface area contributed by atoms with E-state index in [1.165, 1.54) is 31.5 Å². The molecule has 0 saturated carbocycles. The van der Waals surface area contributed by atoms with E-state index in [0.29, 0.717) is 5.56 Å². The summed E-state index contributed by atoms with van der Waals surface area (Å²) in [5, 5.41) is 0. The van der Waals surface area contributed by atoms with Crippen LogP contribution in [-0.4, -0.2) is 25.6 Å². The molecule has 4 nitrogen and oxygen atoms in total. The van der Waals surface area contributed by atoms with Gasteiger partial charge in [-0.2, -0.15) is 0 Å². The van der Waals surface area contributed by atoms with Crippen molar-refractivity contribution >= 4 is 15.8 Å². The monoisotopic (exact) mass is 301 g/mol. The van der Waals surface area contributed by atoms with E-state index < -0.39 is 10.0 Å². The van der Waals surface area contributed by atoms with Crippen LogP contribution in [0, 0.1) is 0 Å². The number of hydrogen-bond acceptors (Lipinski definition) is 3. The van der Waals surface area contributed by atoms with Crippen molar-refractivity contribution in [2.75, 3.05) is 7.05 Å². The normalized spacial score (nSPS) is 11.5. The maximum Gasteiger partial charge on any atom is 0.263 e. The molecule has 21 heavy (non-hydrogen) atoms. The predicted octanol–water partition coefficient (Wildman–Crippen LogP) is 2.70. The number of hydrogen-bond donors (Lipinski definition) is 0. The Morgan fingerprint density at radius 1 is 0.952 bits per heavy atom. The zero-order chi connectivity index (χ0) is 15.3. The van der Waals surface area contributed by atoms with Crippen molar-refractivity contribution in [1.82, 2.24) is 4.31 Å². The third-order valence-corrected chi connectivity index (χ3v) is 4.66. The number of sulfonamides is 1. The topological polar surface area (TPSA) is 54.5 Å². The second kappa shape index (κ2) is 6.37. The van der Waals surface area contributed by atoms with Gasteiger partial charge in [0.2, 0.25) is 0 Å². The average molecular weight is 301 g/mol. The highest BCUT2D eigenvalue weighted by atomic mass is 32.2. The minimum absolute atomic E-state index is 0.185. The first kappa shape index (κ1) is 15.0. The Balaban J connectivity index is 2.16. The molecule has 2 aromatic carbocycles. The highest BCUT2D eigenvalue weighted by Crippen LogP contribution is 2.13. The van der Waals surface area contributed by atoms with Gasteiger partial charge in [0.05, 0.1) is 4.90 Å².